The number of amides is 3. The number of aromatic nitrogens is 1. The van der Waals surface area contributed by atoms with Crippen molar-refractivity contribution in [2.45, 2.75) is 79.1 Å². The molecule has 8 nitrogen and oxygen atoms in total. The Labute approximate surface area is 384 Å². The topological polar surface area (TPSA) is 106 Å². The average Bonchev–Trinajstić information content (AvgIpc) is 3.89. The van der Waals surface area contributed by atoms with Gasteiger partial charge in [-0.2, -0.15) is 0 Å². The molecule has 8 rings (SSSR count). The maximum atomic E-state index is 14.2. The smallest absolute Gasteiger partial charge is 0.279 e. The number of nitrogens with zero attached hydrogens (tertiary/aromatic N) is 3. The van der Waals surface area contributed by atoms with Gasteiger partial charge in [-0.1, -0.05) is 130 Å². The molecule has 2 unspecified atom stereocenters. The van der Waals surface area contributed by atoms with Crippen LogP contribution in [0.5, 0.6) is 5.88 Å². The van der Waals surface area contributed by atoms with Gasteiger partial charge in [0.05, 0.1) is 39.0 Å². The molecule has 60 heavy (non-hydrogen) atoms. The van der Waals surface area contributed by atoms with Crippen LogP contribution in [0.4, 0.5) is 11.4 Å². The van der Waals surface area contributed by atoms with Crippen LogP contribution in [0, 0.1) is 11.8 Å². The zero-order chi connectivity index (χ0) is 42.8. The SMILES string of the molecule is CCCCC(CC)CN1C(=O)/C(=C2/C(=O)N(CC(CC)CCCC)c3ccc(Br)cc32)c2cc(Br)ccc21.O=C1N=c2ccc(Br)cc2=C1c1c(O)[nH]c2ccc(Br)cc12. The fourth-order valence-electron chi connectivity index (χ4n) is 8.53. The lowest BCUT2D eigenvalue weighted by atomic mass is 9.96. The summed E-state index contributed by atoms with van der Waals surface area (Å²) in [5, 5.41) is 12.4. The van der Waals surface area contributed by atoms with E-state index in [0.29, 0.717) is 52.6 Å². The van der Waals surface area contributed by atoms with Gasteiger partial charge in [-0.15, -0.1) is 0 Å². The van der Waals surface area contributed by atoms with Gasteiger partial charge in [0.15, 0.2) is 5.88 Å². The van der Waals surface area contributed by atoms with Crippen LogP contribution < -0.4 is 20.4 Å². The minimum Gasteiger partial charge on any atom is -0.494 e. The van der Waals surface area contributed by atoms with Crippen molar-refractivity contribution in [3.63, 3.8) is 0 Å². The Balaban J connectivity index is 0.000000208. The summed E-state index contributed by atoms with van der Waals surface area (Å²) in [6, 6.07) is 23.1. The number of carbonyl (C=O) groups is 3. The predicted molar refractivity (Wildman–Crippen MR) is 257 cm³/mol. The van der Waals surface area contributed by atoms with E-state index in [-0.39, 0.29) is 23.6 Å². The van der Waals surface area contributed by atoms with E-state index in [1.54, 1.807) is 6.07 Å². The third-order valence-corrected chi connectivity index (χ3v) is 13.8. The van der Waals surface area contributed by atoms with Gasteiger partial charge in [-0.3, -0.25) is 14.4 Å². The quantitative estimate of drug-likeness (QED) is 0.115. The zero-order valence-corrected chi connectivity index (χ0v) is 40.5. The number of halogens is 4. The number of aromatic hydroxyl groups is 1. The first-order valence-corrected chi connectivity index (χ1v) is 24.0. The second-order valence-corrected chi connectivity index (χ2v) is 19.4. The van der Waals surface area contributed by atoms with Gasteiger partial charge in [-0.25, -0.2) is 4.99 Å². The van der Waals surface area contributed by atoms with Gasteiger partial charge in [-0.05, 0) is 97.5 Å². The number of aromatic amines is 1. The fourth-order valence-corrected chi connectivity index (χ4v) is 9.98. The van der Waals surface area contributed by atoms with Gasteiger partial charge in [0.25, 0.3) is 17.7 Å². The first kappa shape index (κ1) is 44.2. The highest BCUT2D eigenvalue weighted by molar-refractivity contribution is 9.11. The van der Waals surface area contributed by atoms with Crippen molar-refractivity contribution in [1.29, 1.82) is 0 Å². The number of nitrogens with one attached hydrogen (secondary N) is 1. The Morgan fingerprint density at radius 1 is 0.633 bits per heavy atom. The van der Waals surface area contributed by atoms with E-state index in [1.165, 1.54) is 0 Å². The molecule has 0 fully saturated rings. The zero-order valence-electron chi connectivity index (χ0n) is 34.2. The number of rotatable bonds is 13. The van der Waals surface area contributed by atoms with Crippen LogP contribution in [-0.2, 0) is 14.4 Å². The van der Waals surface area contributed by atoms with Crippen LogP contribution in [0.25, 0.3) is 27.6 Å². The molecule has 4 heterocycles. The van der Waals surface area contributed by atoms with Gasteiger partial charge < -0.3 is 19.9 Å². The summed E-state index contributed by atoms with van der Waals surface area (Å²) in [4.78, 5) is 51.6. The summed E-state index contributed by atoms with van der Waals surface area (Å²) in [5.41, 5.74) is 6.27. The van der Waals surface area contributed by atoms with Crippen molar-refractivity contribution in [2.75, 3.05) is 22.9 Å². The molecule has 12 heteroatoms. The third kappa shape index (κ3) is 8.76. The molecule has 0 spiro atoms. The third-order valence-electron chi connectivity index (χ3n) is 11.8. The van der Waals surface area contributed by atoms with Crippen LogP contribution >= 0.6 is 63.7 Å². The van der Waals surface area contributed by atoms with Crippen molar-refractivity contribution in [1.82, 2.24) is 4.98 Å². The molecule has 4 aromatic carbocycles. The number of carbonyl (C=O) groups excluding carboxylic acids is 3. The molecule has 0 aliphatic carbocycles. The lowest BCUT2D eigenvalue weighted by Gasteiger charge is -2.24. The van der Waals surface area contributed by atoms with Crippen LogP contribution in [0.15, 0.2) is 95.7 Å². The van der Waals surface area contributed by atoms with E-state index in [4.69, 9.17) is 0 Å². The van der Waals surface area contributed by atoms with Gasteiger partial charge in [0.1, 0.15) is 0 Å². The van der Waals surface area contributed by atoms with Gasteiger partial charge in [0.2, 0.25) is 0 Å². The van der Waals surface area contributed by atoms with E-state index in [9.17, 15) is 19.5 Å². The Kier molecular flexibility index (Phi) is 14.0. The molecule has 3 aliphatic rings. The highest BCUT2D eigenvalue weighted by Gasteiger charge is 2.43. The monoisotopic (exact) mass is 1060 g/mol. The van der Waals surface area contributed by atoms with Crippen molar-refractivity contribution >= 4 is 120 Å². The van der Waals surface area contributed by atoms with E-state index < -0.39 is 0 Å². The summed E-state index contributed by atoms with van der Waals surface area (Å²) >= 11 is 14.1. The van der Waals surface area contributed by atoms with E-state index in [2.05, 4.69) is 101 Å². The molecule has 5 aromatic rings. The summed E-state index contributed by atoms with van der Waals surface area (Å²) < 4.78 is 3.54. The van der Waals surface area contributed by atoms with Crippen LogP contribution in [-0.4, -0.2) is 40.9 Å². The maximum Gasteiger partial charge on any atom is 0.279 e. The Morgan fingerprint density at radius 3 is 1.63 bits per heavy atom. The van der Waals surface area contributed by atoms with Crippen molar-refractivity contribution < 1.29 is 19.5 Å². The molecule has 312 valence electrons. The molecule has 0 saturated carbocycles. The first-order valence-electron chi connectivity index (χ1n) is 20.8. The molecule has 1 aromatic heterocycles. The Bertz CT molecular complexity index is 2580. The Hall–Kier alpha value is -3.84. The van der Waals surface area contributed by atoms with Crippen molar-refractivity contribution in [3.05, 3.63) is 118 Å². The standard InChI is InChI=1S/C32H40Br2N2O2.C16H8Br2N2O2/c1-5-9-11-21(7-3)19-35-27-15-13-23(33)17-25(27)29(31(35)37)30-26-18-24(34)14-16-28(26)36(32(30)38)20-22(8-4)12-10-6-2;17-7-1-3-11-9(5-7)13(15(21)19-11)14-10-6-8(18)2-4-12(10)20-16(14)22/h13-18,21-22H,5-12,19-20H2,1-4H3;1-6,19,21H/b30-29+;. The van der Waals surface area contributed by atoms with Crippen LogP contribution in [0.1, 0.15) is 95.8 Å². The second kappa shape index (κ2) is 19.1. The van der Waals surface area contributed by atoms with E-state index >= 15 is 0 Å². The number of benzene rings is 4. The molecule has 0 bridgehead atoms. The van der Waals surface area contributed by atoms with E-state index in [0.717, 1.165) is 108 Å². The number of anilines is 2. The molecular weight excluding hydrogens is 1020 g/mol. The predicted octanol–water partition coefficient (Wildman–Crippen LogP) is 12.0. The van der Waals surface area contributed by atoms with Crippen LogP contribution in [0.3, 0.4) is 0 Å². The second-order valence-electron chi connectivity index (χ2n) is 15.7. The first-order chi connectivity index (χ1) is 28.9. The maximum absolute atomic E-state index is 14.2. The molecule has 2 atom stereocenters. The molecule has 0 saturated heterocycles. The lowest BCUT2D eigenvalue weighted by Crippen LogP contribution is -2.34. The summed E-state index contributed by atoms with van der Waals surface area (Å²) in [6.07, 6.45) is 8.88. The van der Waals surface area contributed by atoms with Crippen molar-refractivity contribution in [2.24, 2.45) is 16.8 Å². The van der Waals surface area contributed by atoms with Gasteiger partial charge in [0, 0.05) is 58.2 Å². The summed E-state index contributed by atoms with van der Waals surface area (Å²) in [7, 11) is 0. The van der Waals surface area contributed by atoms with Gasteiger partial charge >= 0.3 is 0 Å². The number of H-pyrrole nitrogens is 1. The lowest BCUT2D eigenvalue weighted by molar-refractivity contribution is -0.114. The fraction of sp³-hybridized carbons (Fsp3) is 0.333. The number of fused-ring (bicyclic) bond motifs is 4. The summed E-state index contributed by atoms with van der Waals surface area (Å²) in [6.45, 7) is 10.2. The largest absolute Gasteiger partial charge is 0.494 e. The molecule has 3 aliphatic heterocycles. The number of hydrogen-bond acceptors (Lipinski definition) is 4. The van der Waals surface area contributed by atoms with E-state index in [1.807, 2.05) is 76.5 Å². The minimum atomic E-state index is -0.343. The Morgan fingerprint density at radius 2 is 1.12 bits per heavy atom. The minimum absolute atomic E-state index is 0.0283. The summed E-state index contributed by atoms with van der Waals surface area (Å²) in [5.74, 6) is 0.384. The molecule has 2 N–H and O–H groups in total. The molecule has 0 radical (unpaired) electrons. The van der Waals surface area contributed by atoms with Crippen molar-refractivity contribution in [3.8, 4) is 5.88 Å². The highest BCUT2D eigenvalue weighted by Crippen LogP contribution is 2.48. The molecule has 3 amide bonds. The highest BCUT2D eigenvalue weighted by atomic mass is 79.9. The number of unbranched alkanes of at least 4 members (excludes halogenated alkanes) is 2. The average molecular weight is 1060 g/mol. The van der Waals surface area contributed by atoms with Crippen LogP contribution in [0.2, 0.25) is 0 Å². The number of hydrogen-bond donors (Lipinski definition) is 2. The molecular formula is C48H48Br4N4O4. The normalized spacial score (nSPS) is 16.5.